The van der Waals surface area contributed by atoms with Gasteiger partial charge in [0.15, 0.2) is 9.84 Å². The third-order valence-electron chi connectivity index (χ3n) is 3.38. The molecule has 2 N–H and O–H groups in total. The summed E-state index contributed by atoms with van der Waals surface area (Å²) in [5, 5.41) is 13.1. The Hall–Kier alpha value is -1.41. The molecule has 2 rings (SSSR count). The summed E-state index contributed by atoms with van der Waals surface area (Å²) in [4.78, 5) is 22.9. The molecule has 0 atom stereocenters. The number of aliphatic carboxylic acids is 1. The molecule has 1 aliphatic carbocycles. The summed E-state index contributed by atoms with van der Waals surface area (Å²) in [6, 6.07) is 1.32. The smallest absolute Gasteiger partial charge is 0.305 e. The Morgan fingerprint density at radius 3 is 2.50 bits per heavy atom. The van der Waals surface area contributed by atoms with Gasteiger partial charge in [0, 0.05) is 11.6 Å². The van der Waals surface area contributed by atoms with Gasteiger partial charge in [-0.1, -0.05) is 0 Å². The van der Waals surface area contributed by atoms with Crippen molar-refractivity contribution in [1.82, 2.24) is 5.32 Å². The van der Waals surface area contributed by atoms with Crippen molar-refractivity contribution in [2.24, 2.45) is 0 Å². The number of hydrogen-bond donors (Lipinski definition) is 2. The summed E-state index contributed by atoms with van der Waals surface area (Å²) in [6.45, 7) is 0. The Morgan fingerprint density at radius 2 is 2.10 bits per heavy atom. The molecule has 0 aliphatic heterocycles. The number of rotatable bonds is 5. The third kappa shape index (κ3) is 3.18. The Bertz CT molecular complexity index is 643. The van der Waals surface area contributed by atoms with Crippen LogP contribution in [0.15, 0.2) is 15.7 Å². The normalized spacial score (nSPS) is 17.2. The molecule has 0 aromatic carbocycles. The summed E-state index contributed by atoms with van der Waals surface area (Å²) in [5.74, 6) is -1.37. The van der Waals surface area contributed by atoms with Crippen molar-refractivity contribution >= 4 is 33.1 Å². The molecule has 1 saturated carbocycles. The van der Waals surface area contributed by atoms with Gasteiger partial charge in [-0.3, -0.25) is 9.59 Å². The molecular formula is C12H15NO5S2. The van der Waals surface area contributed by atoms with Crippen LogP contribution in [0.25, 0.3) is 0 Å². The van der Waals surface area contributed by atoms with Gasteiger partial charge in [-0.15, -0.1) is 11.3 Å². The highest BCUT2D eigenvalue weighted by atomic mass is 32.2. The van der Waals surface area contributed by atoms with Crippen molar-refractivity contribution in [3.63, 3.8) is 0 Å². The minimum absolute atomic E-state index is 0.109. The molecule has 0 unspecified atom stereocenters. The van der Waals surface area contributed by atoms with Crippen LogP contribution < -0.4 is 5.32 Å². The zero-order valence-corrected chi connectivity index (χ0v) is 12.5. The maximum atomic E-state index is 12.1. The molecule has 110 valence electrons. The highest BCUT2D eigenvalue weighted by Gasteiger charge is 2.40. The summed E-state index contributed by atoms with van der Waals surface area (Å²) in [6.07, 6.45) is 3.12. The maximum absolute atomic E-state index is 12.1. The molecule has 20 heavy (non-hydrogen) atoms. The lowest BCUT2D eigenvalue weighted by molar-refractivity contribution is -0.139. The Kier molecular flexibility index (Phi) is 3.88. The molecule has 1 amide bonds. The molecule has 0 bridgehead atoms. The van der Waals surface area contributed by atoms with Gasteiger partial charge in [0.25, 0.3) is 5.91 Å². The van der Waals surface area contributed by atoms with Crippen molar-refractivity contribution < 1.29 is 23.1 Å². The third-order valence-corrected chi connectivity index (χ3v) is 6.15. The van der Waals surface area contributed by atoms with Crippen LogP contribution in [0.3, 0.4) is 0 Å². The van der Waals surface area contributed by atoms with Gasteiger partial charge < -0.3 is 10.4 Å². The van der Waals surface area contributed by atoms with Crippen LogP contribution in [0.5, 0.6) is 0 Å². The number of carboxylic acids is 1. The quantitative estimate of drug-likeness (QED) is 0.852. The van der Waals surface area contributed by atoms with E-state index in [0.717, 1.165) is 24.0 Å². The predicted molar refractivity (Wildman–Crippen MR) is 73.7 cm³/mol. The number of carbonyl (C=O) groups excluding carboxylic acids is 1. The number of carboxylic acid groups (broad SMARTS) is 1. The van der Waals surface area contributed by atoms with E-state index in [1.807, 2.05) is 0 Å². The van der Waals surface area contributed by atoms with Gasteiger partial charge in [-0.2, -0.15) is 0 Å². The van der Waals surface area contributed by atoms with E-state index in [0.29, 0.717) is 12.8 Å². The van der Waals surface area contributed by atoms with Crippen LogP contribution in [0.1, 0.15) is 36.0 Å². The summed E-state index contributed by atoms with van der Waals surface area (Å²) >= 11 is 0.985. The topological polar surface area (TPSA) is 101 Å². The minimum atomic E-state index is -3.33. The predicted octanol–water partition coefficient (Wildman–Crippen LogP) is 1.28. The van der Waals surface area contributed by atoms with E-state index in [-0.39, 0.29) is 16.2 Å². The highest BCUT2D eigenvalue weighted by molar-refractivity contribution is 7.92. The SMILES string of the molecule is CS(=O)(=O)c1cc(C(=O)NC2(CC(=O)O)CCC2)cs1. The van der Waals surface area contributed by atoms with Crippen molar-refractivity contribution in [2.45, 2.75) is 35.4 Å². The van der Waals surface area contributed by atoms with E-state index in [9.17, 15) is 18.0 Å². The van der Waals surface area contributed by atoms with Gasteiger partial charge in [0.2, 0.25) is 0 Å². The number of thiophene rings is 1. The van der Waals surface area contributed by atoms with E-state index in [1.54, 1.807) is 0 Å². The molecule has 6 nitrogen and oxygen atoms in total. The van der Waals surface area contributed by atoms with Crippen molar-refractivity contribution in [3.05, 3.63) is 17.0 Å². The Morgan fingerprint density at radius 1 is 1.45 bits per heavy atom. The number of hydrogen-bond acceptors (Lipinski definition) is 5. The fourth-order valence-electron chi connectivity index (χ4n) is 2.18. The maximum Gasteiger partial charge on any atom is 0.305 e. The van der Waals surface area contributed by atoms with Gasteiger partial charge >= 0.3 is 5.97 Å². The molecule has 1 aromatic heterocycles. The highest BCUT2D eigenvalue weighted by Crippen LogP contribution is 2.35. The van der Waals surface area contributed by atoms with Crippen LogP contribution in [-0.2, 0) is 14.6 Å². The first-order valence-corrected chi connectivity index (χ1v) is 8.82. The average Bonchev–Trinajstić information content (AvgIpc) is 2.73. The van der Waals surface area contributed by atoms with Crippen LogP contribution >= 0.6 is 11.3 Å². The zero-order valence-electron chi connectivity index (χ0n) is 10.9. The Labute approximate surface area is 120 Å². The number of nitrogens with one attached hydrogen (secondary N) is 1. The first-order valence-electron chi connectivity index (χ1n) is 6.05. The van der Waals surface area contributed by atoms with Crippen LogP contribution in [0, 0.1) is 0 Å². The number of carbonyl (C=O) groups is 2. The van der Waals surface area contributed by atoms with E-state index in [2.05, 4.69) is 5.32 Å². The van der Waals surface area contributed by atoms with Gasteiger partial charge in [-0.05, 0) is 25.3 Å². The monoisotopic (exact) mass is 317 g/mol. The first-order chi connectivity index (χ1) is 9.22. The lowest BCUT2D eigenvalue weighted by Gasteiger charge is -2.41. The largest absolute Gasteiger partial charge is 0.481 e. The zero-order chi connectivity index (χ0) is 15.0. The number of sulfone groups is 1. The molecular weight excluding hydrogens is 302 g/mol. The van der Waals surface area contributed by atoms with Crippen LogP contribution in [0.2, 0.25) is 0 Å². The van der Waals surface area contributed by atoms with Crippen molar-refractivity contribution in [1.29, 1.82) is 0 Å². The second-order valence-corrected chi connectivity index (χ2v) is 8.24. The lowest BCUT2D eigenvalue weighted by Crippen LogP contribution is -2.54. The van der Waals surface area contributed by atoms with E-state index >= 15 is 0 Å². The first kappa shape index (κ1) is 15.0. The van der Waals surface area contributed by atoms with Crippen LogP contribution in [-0.4, -0.2) is 37.2 Å². The van der Waals surface area contributed by atoms with Gasteiger partial charge in [0.05, 0.1) is 17.5 Å². The van der Waals surface area contributed by atoms with E-state index in [1.165, 1.54) is 11.4 Å². The van der Waals surface area contributed by atoms with Crippen molar-refractivity contribution in [2.75, 3.05) is 6.26 Å². The lowest BCUT2D eigenvalue weighted by atomic mass is 9.74. The fourth-order valence-corrected chi connectivity index (χ4v) is 3.98. The molecule has 1 aliphatic rings. The van der Waals surface area contributed by atoms with E-state index in [4.69, 9.17) is 5.11 Å². The van der Waals surface area contributed by atoms with Gasteiger partial charge in [0.1, 0.15) is 4.21 Å². The van der Waals surface area contributed by atoms with Crippen molar-refractivity contribution in [3.8, 4) is 0 Å². The molecule has 0 spiro atoms. The molecule has 0 saturated heterocycles. The fraction of sp³-hybridized carbons (Fsp3) is 0.500. The molecule has 8 heteroatoms. The molecule has 1 fully saturated rings. The van der Waals surface area contributed by atoms with Crippen LogP contribution in [0.4, 0.5) is 0 Å². The molecule has 1 aromatic rings. The average molecular weight is 317 g/mol. The van der Waals surface area contributed by atoms with E-state index < -0.39 is 27.3 Å². The standard InChI is InChI=1S/C12H15NO5S2/c1-20(17,18)10-5-8(7-19-10)11(16)13-12(3-2-4-12)6-9(14)15/h5,7H,2-4,6H2,1H3,(H,13,16)(H,14,15). The Balaban J connectivity index is 2.12. The summed E-state index contributed by atoms with van der Waals surface area (Å²) in [5.41, 5.74) is -0.428. The summed E-state index contributed by atoms with van der Waals surface area (Å²) in [7, 11) is -3.33. The second kappa shape index (κ2) is 5.17. The molecule has 0 radical (unpaired) electrons. The second-order valence-electron chi connectivity index (χ2n) is 5.09. The molecule has 1 heterocycles. The number of amides is 1. The van der Waals surface area contributed by atoms with Gasteiger partial charge in [-0.25, -0.2) is 8.42 Å². The minimum Gasteiger partial charge on any atom is -0.481 e. The summed E-state index contributed by atoms with van der Waals surface area (Å²) < 4.78 is 22.9.